The molecule has 28 heavy (non-hydrogen) atoms. The minimum absolute atomic E-state index is 0.0366. The Morgan fingerprint density at radius 1 is 1.11 bits per heavy atom. The van der Waals surface area contributed by atoms with Crippen LogP contribution in [0.4, 0.5) is 0 Å². The predicted octanol–water partition coefficient (Wildman–Crippen LogP) is 0.755. The highest BCUT2D eigenvalue weighted by Crippen LogP contribution is 2.14. The highest BCUT2D eigenvalue weighted by atomic mass is 16.3. The Labute approximate surface area is 162 Å². The lowest BCUT2D eigenvalue weighted by atomic mass is 10.1. The van der Waals surface area contributed by atoms with Crippen LogP contribution < -0.4 is 16.2 Å². The maximum atomic E-state index is 12.8. The lowest BCUT2D eigenvalue weighted by Crippen LogP contribution is -2.36. The van der Waals surface area contributed by atoms with Crippen LogP contribution in [0, 0.1) is 5.92 Å². The van der Waals surface area contributed by atoms with Gasteiger partial charge in [-0.05, 0) is 11.6 Å². The molecule has 1 aromatic heterocycles. The van der Waals surface area contributed by atoms with Crippen molar-refractivity contribution in [1.82, 2.24) is 20.4 Å². The highest BCUT2D eigenvalue weighted by molar-refractivity contribution is 6.04. The van der Waals surface area contributed by atoms with Gasteiger partial charge in [-0.15, -0.1) is 0 Å². The monoisotopic (exact) mass is 378 g/mol. The minimum atomic E-state index is -0.475. The summed E-state index contributed by atoms with van der Waals surface area (Å²) < 4.78 is 1.33. The molecule has 0 aliphatic carbocycles. The zero-order valence-electron chi connectivity index (χ0n) is 15.3. The Balaban J connectivity index is 1.67. The number of hydrogen-bond acceptors (Lipinski definition) is 5. The molecular formula is C21H22N4O3. The molecule has 3 N–H and O–H groups in total. The van der Waals surface area contributed by atoms with Gasteiger partial charge < -0.3 is 15.7 Å². The molecule has 1 fully saturated rings. The van der Waals surface area contributed by atoms with Gasteiger partial charge >= 0.3 is 0 Å². The third kappa shape index (κ3) is 3.67. The first-order valence-electron chi connectivity index (χ1n) is 9.34. The summed E-state index contributed by atoms with van der Waals surface area (Å²) in [7, 11) is 0. The van der Waals surface area contributed by atoms with Gasteiger partial charge in [0.2, 0.25) is 0 Å². The first kappa shape index (κ1) is 18.3. The Bertz CT molecular complexity index is 1050. The molecule has 1 amide bonds. The second-order valence-electron chi connectivity index (χ2n) is 7.04. The van der Waals surface area contributed by atoms with E-state index in [0.29, 0.717) is 30.4 Å². The van der Waals surface area contributed by atoms with Crippen LogP contribution in [0.15, 0.2) is 59.4 Å². The fraction of sp³-hybridized carbons (Fsp3) is 0.286. The number of carbonyl (C=O) groups excluding carboxylic acids is 1. The number of carbonyl (C=O) groups is 1. The molecule has 0 spiro atoms. The summed E-state index contributed by atoms with van der Waals surface area (Å²) in [5.41, 5.74) is 0.914. The molecular weight excluding hydrogens is 356 g/mol. The molecule has 2 aromatic carbocycles. The molecule has 1 aliphatic heterocycles. The van der Waals surface area contributed by atoms with E-state index in [-0.39, 0.29) is 29.6 Å². The van der Waals surface area contributed by atoms with Crippen LogP contribution in [0.3, 0.4) is 0 Å². The summed E-state index contributed by atoms with van der Waals surface area (Å²) in [5.74, 6) is -0.387. The summed E-state index contributed by atoms with van der Waals surface area (Å²) >= 11 is 0. The van der Waals surface area contributed by atoms with Crippen molar-refractivity contribution in [1.29, 1.82) is 0 Å². The first-order valence-corrected chi connectivity index (χ1v) is 9.34. The van der Waals surface area contributed by atoms with E-state index in [4.69, 9.17) is 0 Å². The van der Waals surface area contributed by atoms with Crippen LogP contribution in [0.2, 0.25) is 0 Å². The van der Waals surface area contributed by atoms with Gasteiger partial charge in [0.05, 0.1) is 18.0 Å². The van der Waals surface area contributed by atoms with Gasteiger partial charge in [-0.25, -0.2) is 4.68 Å². The Hall–Kier alpha value is -3.03. The third-order valence-electron chi connectivity index (χ3n) is 5.09. The molecule has 7 heteroatoms. The van der Waals surface area contributed by atoms with E-state index < -0.39 is 6.10 Å². The van der Waals surface area contributed by atoms with E-state index in [0.717, 1.165) is 5.56 Å². The Kier molecular flexibility index (Phi) is 5.18. The molecule has 2 atom stereocenters. The Morgan fingerprint density at radius 3 is 2.54 bits per heavy atom. The average Bonchev–Trinajstić information content (AvgIpc) is 3.14. The van der Waals surface area contributed by atoms with E-state index in [1.54, 1.807) is 24.3 Å². The van der Waals surface area contributed by atoms with Gasteiger partial charge in [0.1, 0.15) is 0 Å². The fourth-order valence-corrected chi connectivity index (χ4v) is 3.50. The fourth-order valence-electron chi connectivity index (χ4n) is 3.50. The summed E-state index contributed by atoms with van der Waals surface area (Å²) in [6, 6.07) is 16.5. The van der Waals surface area contributed by atoms with Gasteiger partial charge in [0, 0.05) is 30.9 Å². The van der Waals surface area contributed by atoms with Crippen LogP contribution in [-0.2, 0) is 6.54 Å². The topological polar surface area (TPSA) is 96.2 Å². The van der Waals surface area contributed by atoms with Gasteiger partial charge in [0.15, 0.2) is 5.69 Å². The number of benzene rings is 2. The highest BCUT2D eigenvalue weighted by Gasteiger charge is 2.26. The number of β-amino-alcohol motifs (C(OH)–C–C–N with tert-alkyl or cyclic N) is 1. The number of nitrogens with one attached hydrogen (secondary N) is 2. The lowest BCUT2D eigenvalue weighted by Gasteiger charge is -2.15. The van der Waals surface area contributed by atoms with Crippen molar-refractivity contribution in [3.63, 3.8) is 0 Å². The molecule has 1 aliphatic rings. The quantitative estimate of drug-likeness (QED) is 0.609. The van der Waals surface area contributed by atoms with E-state index >= 15 is 0 Å². The molecule has 0 radical (unpaired) electrons. The molecule has 3 aromatic rings. The summed E-state index contributed by atoms with van der Waals surface area (Å²) in [6.45, 7) is 1.82. The normalized spacial score (nSPS) is 19.0. The predicted molar refractivity (Wildman–Crippen MR) is 106 cm³/mol. The molecule has 0 bridgehead atoms. The standard InChI is InChI=1S/C21H22N4O3/c26-18-12-22-10-15(18)11-23-20(27)19-16-8-4-5-9-17(16)21(28)25(24-19)13-14-6-2-1-3-7-14/h1-9,15,18,22,26H,10-13H2,(H,23,27). The number of aliphatic hydroxyl groups is 1. The lowest BCUT2D eigenvalue weighted by molar-refractivity contribution is 0.0921. The van der Waals surface area contributed by atoms with Crippen LogP contribution in [-0.4, -0.2) is 46.5 Å². The summed E-state index contributed by atoms with van der Waals surface area (Å²) in [5, 5.41) is 21.2. The van der Waals surface area contributed by atoms with Crippen molar-refractivity contribution in [3.8, 4) is 0 Å². The molecule has 7 nitrogen and oxygen atoms in total. The van der Waals surface area contributed by atoms with Gasteiger partial charge in [-0.1, -0.05) is 48.5 Å². The van der Waals surface area contributed by atoms with Gasteiger partial charge in [-0.2, -0.15) is 5.10 Å². The maximum absolute atomic E-state index is 12.8. The molecule has 2 unspecified atom stereocenters. The van der Waals surface area contributed by atoms with Crippen molar-refractivity contribution in [2.75, 3.05) is 19.6 Å². The smallest absolute Gasteiger partial charge is 0.274 e. The van der Waals surface area contributed by atoms with E-state index in [1.165, 1.54) is 4.68 Å². The van der Waals surface area contributed by atoms with Crippen LogP contribution in [0.5, 0.6) is 0 Å². The minimum Gasteiger partial charge on any atom is -0.391 e. The van der Waals surface area contributed by atoms with E-state index in [9.17, 15) is 14.7 Å². The number of amides is 1. The molecule has 144 valence electrons. The molecule has 0 saturated carbocycles. The number of aliphatic hydroxyl groups excluding tert-OH is 1. The number of aromatic nitrogens is 2. The van der Waals surface area contributed by atoms with E-state index in [1.807, 2.05) is 30.3 Å². The zero-order valence-corrected chi connectivity index (χ0v) is 15.3. The maximum Gasteiger partial charge on any atom is 0.274 e. The number of nitrogens with zero attached hydrogens (tertiary/aromatic N) is 2. The van der Waals surface area contributed by atoms with Crippen molar-refractivity contribution >= 4 is 16.7 Å². The zero-order chi connectivity index (χ0) is 19.5. The third-order valence-corrected chi connectivity index (χ3v) is 5.09. The first-order chi connectivity index (χ1) is 13.6. The summed E-state index contributed by atoms with van der Waals surface area (Å²) in [4.78, 5) is 25.7. The van der Waals surface area contributed by atoms with Crippen molar-refractivity contribution in [2.24, 2.45) is 5.92 Å². The van der Waals surface area contributed by atoms with Crippen LogP contribution in [0.1, 0.15) is 16.1 Å². The largest absolute Gasteiger partial charge is 0.391 e. The van der Waals surface area contributed by atoms with Crippen molar-refractivity contribution in [2.45, 2.75) is 12.6 Å². The van der Waals surface area contributed by atoms with Crippen LogP contribution in [0.25, 0.3) is 10.8 Å². The number of hydrogen-bond donors (Lipinski definition) is 3. The van der Waals surface area contributed by atoms with Crippen molar-refractivity contribution < 1.29 is 9.90 Å². The molecule has 1 saturated heterocycles. The van der Waals surface area contributed by atoms with Crippen LogP contribution >= 0.6 is 0 Å². The SMILES string of the molecule is O=C(NCC1CNCC1O)c1nn(Cc2ccccc2)c(=O)c2ccccc12. The second kappa shape index (κ2) is 7.92. The molecule has 4 rings (SSSR count). The van der Waals surface area contributed by atoms with Crippen molar-refractivity contribution in [3.05, 3.63) is 76.2 Å². The molecule has 2 heterocycles. The Morgan fingerprint density at radius 2 is 1.82 bits per heavy atom. The number of rotatable bonds is 5. The average molecular weight is 378 g/mol. The summed E-state index contributed by atoms with van der Waals surface area (Å²) in [6.07, 6.45) is -0.475. The second-order valence-corrected chi connectivity index (χ2v) is 7.04. The van der Waals surface area contributed by atoms with Gasteiger partial charge in [0.25, 0.3) is 11.5 Å². The van der Waals surface area contributed by atoms with E-state index in [2.05, 4.69) is 15.7 Å². The van der Waals surface area contributed by atoms with Gasteiger partial charge in [-0.3, -0.25) is 9.59 Å². The number of fused-ring (bicyclic) bond motifs is 1.